The molecule has 8 heavy (non-hydrogen) atoms. The van der Waals surface area contributed by atoms with Gasteiger partial charge in [-0.2, -0.15) is 0 Å². The van der Waals surface area contributed by atoms with Crippen molar-refractivity contribution < 1.29 is 4.39 Å². The minimum Gasteiger partial charge on any atom is -0.320 e. The Labute approximate surface area is 50.3 Å². The van der Waals surface area contributed by atoms with Gasteiger partial charge in [0.15, 0.2) is 0 Å². The number of alkyl halides is 1. The van der Waals surface area contributed by atoms with Gasteiger partial charge in [0.25, 0.3) is 0 Å². The SMILES string of the molecule is CCC(F)CCNC. The fourth-order valence-corrected chi connectivity index (χ4v) is 0.505. The second-order valence-electron chi connectivity index (χ2n) is 1.90. The lowest BCUT2D eigenvalue weighted by Gasteiger charge is -2.01. The molecule has 0 aliphatic carbocycles. The van der Waals surface area contributed by atoms with E-state index in [9.17, 15) is 4.39 Å². The number of hydrogen-bond donors (Lipinski definition) is 1. The van der Waals surface area contributed by atoms with E-state index >= 15 is 0 Å². The van der Waals surface area contributed by atoms with Gasteiger partial charge in [-0.25, -0.2) is 4.39 Å². The van der Waals surface area contributed by atoms with Gasteiger partial charge < -0.3 is 5.32 Å². The Bertz CT molecular complexity index is 47.8. The van der Waals surface area contributed by atoms with E-state index in [1.54, 1.807) is 0 Å². The van der Waals surface area contributed by atoms with Gasteiger partial charge in [0.05, 0.1) is 0 Å². The molecule has 0 spiro atoms. The van der Waals surface area contributed by atoms with Gasteiger partial charge in [-0.15, -0.1) is 0 Å². The third kappa shape index (κ3) is 4.06. The summed E-state index contributed by atoms with van der Waals surface area (Å²) in [5.41, 5.74) is 0. The van der Waals surface area contributed by atoms with Crippen molar-refractivity contribution in [3.63, 3.8) is 0 Å². The monoisotopic (exact) mass is 119 g/mol. The maximum absolute atomic E-state index is 12.3. The minimum atomic E-state index is -0.609. The van der Waals surface area contributed by atoms with Gasteiger partial charge in [0, 0.05) is 0 Å². The van der Waals surface area contributed by atoms with Crippen LogP contribution in [-0.2, 0) is 0 Å². The molecular weight excluding hydrogens is 105 g/mol. The van der Waals surface area contributed by atoms with Crippen molar-refractivity contribution in [1.82, 2.24) is 5.32 Å². The summed E-state index contributed by atoms with van der Waals surface area (Å²) in [7, 11) is 1.84. The number of hydrogen-bond acceptors (Lipinski definition) is 1. The van der Waals surface area contributed by atoms with Crippen molar-refractivity contribution in [2.75, 3.05) is 13.6 Å². The average Bonchev–Trinajstić information content (AvgIpc) is 1.83. The van der Waals surface area contributed by atoms with Crippen LogP contribution in [0.1, 0.15) is 19.8 Å². The summed E-state index contributed by atoms with van der Waals surface area (Å²) in [5, 5.41) is 2.89. The van der Waals surface area contributed by atoms with E-state index in [1.165, 1.54) is 0 Å². The Hall–Kier alpha value is -0.110. The van der Waals surface area contributed by atoms with Gasteiger partial charge in [0.2, 0.25) is 0 Å². The predicted octanol–water partition coefficient (Wildman–Crippen LogP) is 1.34. The van der Waals surface area contributed by atoms with Crippen molar-refractivity contribution >= 4 is 0 Å². The Morgan fingerprint density at radius 2 is 2.25 bits per heavy atom. The molecule has 0 rings (SSSR count). The highest BCUT2D eigenvalue weighted by Crippen LogP contribution is 1.99. The standard InChI is InChI=1S/C6H14FN/c1-3-6(7)4-5-8-2/h6,8H,3-5H2,1-2H3. The second-order valence-corrected chi connectivity index (χ2v) is 1.90. The van der Waals surface area contributed by atoms with Crippen molar-refractivity contribution in [1.29, 1.82) is 0 Å². The molecule has 0 aromatic carbocycles. The molecule has 0 amide bonds. The van der Waals surface area contributed by atoms with Crippen LogP contribution in [0.2, 0.25) is 0 Å². The fraction of sp³-hybridized carbons (Fsp3) is 1.00. The Morgan fingerprint density at radius 3 is 2.62 bits per heavy atom. The summed E-state index contributed by atoms with van der Waals surface area (Å²) in [6.07, 6.45) is 0.678. The summed E-state index contributed by atoms with van der Waals surface area (Å²) in [6, 6.07) is 0. The lowest BCUT2D eigenvalue weighted by atomic mass is 10.2. The number of rotatable bonds is 4. The quantitative estimate of drug-likeness (QED) is 0.589. The van der Waals surface area contributed by atoms with Crippen LogP contribution < -0.4 is 5.32 Å². The molecule has 1 unspecified atom stereocenters. The molecule has 0 saturated carbocycles. The average molecular weight is 119 g/mol. The highest BCUT2D eigenvalue weighted by molar-refractivity contribution is 4.52. The van der Waals surface area contributed by atoms with Crippen LogP contribution in [0.5, 0.6) is 0 Å². The fourth-order valence-electron chi connectivity index (χ4n) is 0.505. The summed E-state index contributed by atoms with van der Waals surface area (Å²) in [5.74, 6) is 0. The molecule has 0 radical (unpaired) electrons. The summed E-state index contributed by atoms with van der Waals surface area (Å²) < 4.78 is 12.3. The lowest BCUT2D eigenvalue weighted by molar-refractivity contribution is 0.304. The largest absolute Gasteiger partial charge is 0.320 e. The lowest BCUT2D eigenvalue weighted by Crippen LogP contribution is -2.12. The molecule has 50 valence electrons. The highest BCUT2D eigenvalue weighted by Gasteiger charge is 1.99. The smallest absolute Gasteiger partial charge is 0.101 e. The Kier molecular flexibility index (Phi) is 4.97. The van der Waals surface area contributed by atoms with Crippen molar-refractivity contribution in [3.8, 4) is 0 Å². The molecule has 0 bridgehead atoms. The normalized spacial score (nSPS) is 13.9. The van der Waals surface area contributed by atoms with Crippen LogP contribution in [0.15, 0.2) is 0 Å². The molecule has 0 aliphatic rings. The van der Waals surface area contributed by atoms with E-state index in [0.717, 1.165) is 6.54 Å². The maximum atomic E-state index is 12.3. The van der Waals surface area contributed by atoms with Crippen LogP contribution in [-0.4, -0.2) is 19.8 Å². The van der Waals surface area contributed by atoms with Gasteiger partial charge in [-0.05, 0) is 26.4 Å². The second kappa shape index (κ2) is 5.04. The van der Waals surface area contributed by atoms with E-state index in [1.807, 2.05) is 14.0 Å². The molecular formula is C6H14FN. The van der Waals surface area contributed by atoms with Gasteiger partial charge >= 0.3 is 0 Å². The van der Waals surface area contributed by atoms with Crippen LogP contribution in [0, 0.1) is 0 Å². The molecule has 1 N–H and O–H groups in total. The van der Waals surface area contributed by atoms with E-state index in [2.05, 4.69) is 5.32 Å². The zero-order valence-corrected chi connectivity index (χ0v) is 5.58. The van der Waals surface area contributed by atoms with Crippen LogP contribution in [0.3, 0.4) is 0 Å². The first-order valence-corrected chi connectivity index (χ1v) is 3.10. The molecule has 0 heterocycles. The first kappa shape index (κ1) is 7.89. The highest BCUT2D eigenvalue weighted by atomic mass is 19.1. The molecule has 0 aliphatic heterocycles. The summed E-state index contributed by atoms with van der Waals surface area (Å²) in [4.78, 5) is 0. The molecule has 0 aromatic heterocycles. The van der Waals surface area contributed by atoms with E-state index in [-0.39, 0.29) is 0 Å². The summed E-state index contributed by atoms with van der Waals surface area (Å²) >= 11 is 0. The van der Waals surface area contributed by atoms with Gasteiger partial charge in [-0.3, -0.25) is 0 Å². The first-order valence-electron chi connectivity index (χ1n) is 3.10. The van der Waals surface area contributed by atoms with E-state index in [0.29, 0.717) is 12.8 Å². The predicted molar refractivity (Wildman–Crippen MR) is 33.7 cm³/mol. The molecule has 0 aromatic rings. The Morgan fingerprint density at radius 1 is 1.62 bits per heavy atom. The maximum Gasteiger partial charge on any atom is 0.101 e. The molecule has 1 nitrogen and oxygen atoms in total. The third-order valence-corrected chi connectivity index (χ3v) is 1.15. The van der Waals surface area contributed by atoms with Crippen molar-refractivity contribution in [2.45, 2.75) is 25.9 Å². The Balaban J connectivity index is 2.86. The van der Waals surface area contributed by atoms with Gasteiger partial charge in [0.1, 0.15) is 6.17 Å². The first-order chi connectivity index (χ1) is 3.81. The molecule has 1 atom stereocenters. The zero-order valence-electron chi connectivity index (χ0n) is 5.58. The number of halogens is 1. The van der Waals surface area contributed by atoms with Crippen molar-refractivity contribution in [2.24, 2.45) is 0 Å². The topological polar surface area (TPSA) is 12.0 Å². The van der Waals surface area contributed by atoms with Crippen LogP contribution in [0.25, 0.3) is 0 Å². The molecule has 2 heteroatoms. The van der Waals surface area contributed by atoms with E-state index < -0.39 is 6.17 Å². The zero-order chi connectivity index (χ0) is 6.41. The van der Waals surface area contributed by atoms with Gasteiger partial charge in [-0.1, -0.05) is 6.92 Å². The third-order valence-electron chi connectivity index (χ3n) is 1.15. The summed E-state index contributed by atoms with van der Waals surface area (Å²) in [6.45, 7) is 2.65. The molecule has 0 fully saturated rings. The number of nitrogens with one attached hydrogen (secondary N) is 1. The molecule has 0 saturated heterocycles. The van der Waals surface area contributed by atoms with Crippen molar-refractivity contribution in [3.05, 3.63) is 0 Å². The van der Waals surface area contributed by atoms with Crippen LogP contribution >= 0.6 is 0 Å². The van der Waals surface area contributed by atoms with Crippen LogP contribution in [0.4, 0.5) is 4.39 Å². The van der Waals surface area contributed by atoms with E-state index in [4.69, 9.17) is 0 Å². The minimum absolute atomic E-state index is 0.609.